The van der Waals surface area contributed by atoms with Crippen LogP contribution >= 0.6 is 24.8 Å². The highest BCUT2D eigenvalue weighted by Crippen LogP contribution is 2.58. The van der Waals surface area contributed by atoms with Crippen LogP contribution in [0.3, 0.4) is 0 Å². The predicted octanol–water partition coefficient (Wildman–Crippen LogP) is 1.92. The second-order valence-corrected chi connectivity index (χ2v) is 7.49. The summed E-state index contributed by atoms with van der Waals surface area (Å²) >= 11 is 0. The number of carbonyl (C=O) groups is 1. The minimum absolute atomic E-state index is 0. The number of nitrogens with one attached hydrogen (secondary N) is 2. The molecule has 2 N–H and O–H groups in total. The van der Waals surface area contributed by atoms with Crippen LogP contribution in [-0.4, -0.2) is 51.1 Å². The van der Waals surface area contributed by atoms with Crippen molar-refractivity contribution in [3.8, 4) is 0 Å². The molecule has 0 aromatic carbocycles. The molecule has 1 amide bonds. The zero-order chi connectivity index (χ0) is 14.1. The van der Waals surface area contributed by atoms with Gasteiger partial charge >= 0.3 is 0 Å². The van der Waals surface area contributed by atoms with Crippen molar-refractivity contribution in [3.63, 3.8) is 0 Å². The number of carbonyl (C=O) groups excluding carboxylic acids is 1. The van der Waals surface area contributed by atoms with Crippen molar-refractivity contribution in [2.75, 3.05) is 40.3 Å². The molecule has 6 heteroatoms. The van der Waals surface area contributed by atoms with Gasteiger partial charge in [-0.3, -0.25) is 4.79 Å². The lowest BCUT2D eigenvalue weighted by molar-refractivity contribution is -0.123. The van der Waals surface area contributed by atoms with E-state index < -0.39 is 0 Å². The Morgan fingerprint density at radius 2 is 1.86 bits per heavy atom. The van der Waals surface area contributed by atoms with E-state index in [0.29, 0.717) is 5.41 Å². The van der Waals surface area contributed by atoms with E-state index >= 15 is 0 Å². The first-order valence-corrected chi connectivity index (χ1v) is 7.48. The standard InChI is InChI=1S/C15H29N3O.2ClH/c1-14(2,11-18(3)4)10-17-13(19)12-9-15(12)5-7-16-8-6-15;;/h12,16H,5-11H2,1-4H3,(H,17,19);2*1H. The minimum Gasteiger partial charge on any atom is -0.355 e. The maximum atomic E-state index is 12.3. The summed E-state index contributed by atoms with van der Waals surface area (Å²) in [5, 5.41) is 6.56. The lowest BCUT2D eigenvalue weighted by Crippen LogP contribution is -2.41. The van der Waals surface area contributed by atoms with Gasteiger partial charge in [0.25, 0.3) is 0 Å². The van der Waals surface area contributed by atoms with Crippen LogP contribution in [0, 0.1) is 16.7 Å². The van der Waals surface area contributed by atoms with Crippen LogP contribution in [0.15, 0.2) is 0 Å². The normalized spacial score (nSPS) is 23.2. The first-order valence-electron chi connectivity index (χ1n) is 7.48. The SMILES string of the molecule is CN(C)CC(C)(C)CNC(=O)C1CC12CCNCC2.Cl.Cl. The summed E-state index contributed by atoms with van der Waals surface area (Å²) in [6.07, 6.45) is 3.45. The summed E-state index contributed by atoms with van der Waals surface area (Å²) in [5.41, 5.74) is 0.482. The number of piperidine rings is 1. The topological polar surface area (TPSA) is 44.4 Å². The van der Waals surface area contributed by atoms with Crippen LogP contribution in [0.4, 0.5) is 0 Å². The van der Waals surface area contributed by atoms with Gasteiger partial charge in [0.2, 0.25) is 5.91 Å². The molecule has 1 atom stereocenters. The number of halogens is 2. The molecular weight excluding hydrogens is 309 g/mol. The Hall–Kier alpha value is -0.0300. The Morgan fingerprint density at radius 1 is 1.29 bits per heavy atom. The minimum atomic E-state index is 0. The molecule has 2 fully saturated rings. The lowest BCUT2D eigenvalue weighted by Gasteiger charge is -2.29. The van der Waals surface area contributed by atoms with Gasteiger partial charge in [-0.2, -0.15) is 0 Å². The Labute approximate surface area is 141 Å². The highest BCUT2D eigenvalue weighted by atomic mass is 35.5. The van der Waals surface area contributed by atoms with E-state index in [1.165, 1.54) is 12.8 Å². The zero-order valence-electron chi connectivity index (χ0n) is 13.7. The fraction of sp³-hybridized carbons (Fsp3) is 0.933. The van der Waals surface area contributed by atoms with Gasteiger partial charge in [0.05, 0.1) is 0 Å². The predicted molar refractivity (Wildman–Crippen MR) is 92.5 cm³/mol. The Balaban J connectivity index is 0.00000200. The van der Waals surface area contributed by atoms with Crippen molar-refractivity contribution >= 4 is 30.7 Å². The molecule has 0 aromatic rings. The number of rotatable bonds is 5. The average Bonchev–Trinajstić information content (AvgIpc) is 2.99. The molecule has 0 bridgehead atoms. The van der Waals surface area contributed by atoms with Crippen LogP contribution in [-0.2, 0) is 4.79 Å². The van der Waals surface area contributed by atoms with Crippen LogP contribution in [0.5, 0.6) is 0 Å². The molecule has 126 valence electrons. The smallest absolute Gasteiger partial charge is 0.223 e. The van der Waals surface area contributed by atoms with Gasteiger partial charge in [-0.15, -0.1) is 24.8 Å². The van der Waals surface area contributed by atoms with Crippen molar-refractivity contribution in [3.05, 3.63) is 0 Å². The molecule has 0 aromatic heterocycles. The zero-order valence-corrected chi connectivity index (χ0v) is 15.3. The quantitative estimate of drug-likeness (QED) is 0.804. The van der Waals surface area contributed by atoms with E-state index in [1.807, 2.05) is 0 Å². The molecule has 0 radical (unpaired) electrons. The molecular formula is C15H31Cl2N3O. The monoisotopic (exact) mass is 339 g/mol. The third kappa shape index (κ3) is 5.59. The number of hydrogen-bond donors (Lipinski definition) is 2. The van der Waals surface area contributed by atoms with E-state index in [9.17, 15) is 4.79 Å². The van der Waals surface area contributed by atoms with Crippen LogP contribution in [0.25, 0.3) is 0 Å². The van der Waals surface area contributed by atoms with Gasteiger partial charge in [-0.05, 0) is 57.3 Å². The summed E-state index contributed by atoms with van der Waals surface area (Å²) in [5.74, 6) is 0.568. The summed E-state index contributed by atoms with van der Waals surface area (Å²) < 4.78 is 0. The number of amides is 1. The Bertz CT molecular complexity index is 342. The molecule has 1 heterocycles. The molecule has 2 aliphatic rings. The Morgan fingerprint density at radius 3 is 2.38 bits per heavy atom. The number of nitrogens with zero attached hydrogens (tertiary/aromatic N) is 1. The summed E-state index contributed by atoms with van der Waals surface area (Å²) in [4.78, 5) is 14.4. The molecule has 1 spiro atoms. The van der Waals surface area contributed by atoms with Crippen molar-refractivity contribution < 1.29 is 4.79 Å². The highest BCUT2D eigenvalue weighted by Gasteiger charge is 2.57. The van der Waals surface area contributed by atoms with Crippen molar-refractivity contribution in [1.82, 2.24) is 15.5 Å². The molecule has 1 aliphatic carbocycles. The molecule has 4 nitrogen and oxygen atoms in total. The fourth-order valence-corrected chi connectivity index (χ4v) is 3.56. The highest BCUT2D eigenvalue weighted by molar-refractivity contribution is 5.85. The maximum Gasteiger partial charge on any atom is 0.223 e. The summed E-state index contributed by atoms with van der Waals surface area (Å²) in [7, 11) is 4.16. The third-order valence-corrected chi connectivity index (χ3v) is 4.59. The van der Waals surface area contributed by atoms with E-state index in [0.717, 1.165) is 32.6 Å². The van der Waals surface area contributed by atoms with E-state index in [2.05, 4.69) is 43.5 Å². The third-order valence-electron chi connectivity index (χ3n) is 4.59. The second kappa shape index (κ2) is 8.00. The summed E-state index contributed by atoms with van der Waals surface area (Å²) in [6, 6.07) is 0. The molecule has 1 aliphatic heterocycles. The van der Waals surface area contributed by atoms with Gasteiger partial charge in [0.15, 0.2) is 0 Å². The molecule has 2 rings (SSSR count). The second-order valence-electron chi connectivity index (χ2n) is 7.49. The van der Waals surface area contributed by atoms with Gasteiger partial charge in [-0.25, -0.2) is 0 Å². The Kier molecular flexibility index (Phi) is 7.99. The van der Waals surface area contributed by atoms with Crippen LogP contribution < -0.4 is 10.6 Å². The van der Waals surface area contributed by atoms with Gasteiger partial charge in [-0.1, -0.05) is 13.8 Å². The first kappa shape index (κ1) is 21.0. The van der Waals surface area contributed by atoms with Gasteiger partial charge < -0.3 is 15.5 Å². The maximum absolute atomic E-state index is 12.3. The van der Waals surface area contributed by atoms with Crippen molar-refractivity contribution in [2.45, 2.75) is 33.1 Å². The molecule has 1 saturated heterocycles. The molecule has 21 heavy (non-hydrogen) atoms. The fourth-order valence-electron chi connectivity index (χ4n) is 3.56. The first-order chi connectivity index (χ1) is 8.85. The average molecular weight is 340 g/mol. The van der Waals surface area contributed by atoms with E-state index in [1.54, 1.807) is 0 Å². The van der Waals surface area contributed by atoms with E-state index in [-0.39, 0.29) is 42.1 Å². The summed E-state index contributed by atoms with van der Waals surface area (Å²) in [6.45, 7) is 8.34. The van der Waals surface area contributed by atoms with Crippen LogP contribution in [0.1, 0.15) is 33.1 Å². The number of hydrogen-bond acceptors (Lipinski definition) is 3. The lowest BCUT2D eigenvalue weighted by atomic mass is 9.91. The van der Waals surface area contributed by atoms with Crippen LogP contribution in [0.2, 0.25) is 0 Å². The molecule has 1 saturated carbocycles. The molecule has 1 unspecified atom stereocenters. The van der Waals surface area contributed by atoms with Crippen molar-refractivity contribution in [1.29, 1.82) is 0 Å². The van der Waals surface area contributed by atoms with Gasteiger partial charge in [0, 0.05) is 19.0 Å². The van der Waals surface area contributed by atoms with E-state index in [4.69, 9.17) is 0 Å². The van der Waals surface area contributed by atoms with Gasteiger partial charge in [0.1, 0.15) is 0 Å². The van der Waals surface area contributed by atoms with Crippen molar-refractivity contribution in [2.24, 2.45) is 16.7 Å². The largest absolute Gasteiger partial charge is 0.355 e.